The number of benzene rings is 2. The molecule has 2 heterocycles. The first-order chi connectivity index (χ1) is 22.6. The van der Waals surface area contributed by atoms with Crippen molar-refractivity contribution < 1.29 is 54.2 Å². The predicted molar refractivity (Wildman–Crippen MR) is 156 cm³/mol. The molecule has 0 bridgehead atoms. The van der Waals surface area contributed by atoms with Crippen LogP contribution in [-0.4, -0.2) is 67.7 Å². The van der Waals surface area contributed by atoms with Crippen LogP contribution in [0, 0.1) is 11.6 Å². The summed E-state index contributed by atoms with van der Waals surface area (Å²) in [6, 6.07) is 7.03. The lowest BCUT2D eigenvalue weighted by atomic mass is 9.84. The van der Waals surface area contributed by atoms with Gasteiger partial charge in [-0.1, -0.05) is 30.3 Å². The molecule has 1 aliphatic heterocycles. The van der Waals surface area contributed by atoms with Crippen LogP contribution in [0.25, 0.3) is 0 Å². The first kappa shape index (κ1) is 36.5. The Morgan fingerprint density at radius 1 is 1.04 bits per heavy atom. The van der Waals surface area contributed by atoms with Crippen molar-refractivity contribution in [2.45, 2.75) is 49.3 Å². The molecule has 5 N–H and O–H groups in total. The van der Waals surface area contributed by atoms with Crippen LogP contribution < -0.4 is 21.7 Å². The molecule has 0 aliphatic carbocycles. The summed E-state index contributed by atoms with van der Waals surface area (Å²) in [7, 11) is 0. The highest BCUT2D eigenvalue weighted by Crippen LogP contribution is 2.34. The van der Waals surface area contributed by atoms with E-state index in [0.29, 0.717) is 0 Å². The minimum Gasteiger partial charge on any atom is -0.448 e. The first-order valence-electron chi connectivity index (χ1n) is 14.5. The van der Waals surface area contributed by atoms with Crippen molar-refractivity contribution in [2.24, 2.45) is 5.73 Å². The van der Waals surface area contributed by atoms with Crippen molar-refractivity contribution in [3.63, 3.8) is 0 Å². The van der Waals surface area contributed by atoms with E-state index in [2.05, 4.69) is 15.6 Å². The number of rotatable bonds is 11. The molecule has 1 aliphatic rings. The molecule has 4 atom stereocenters. The lowest BCUT2D eigenvalue weighted by molar-refractivity contribution is -0.137. The summed E-state index contributed by atoms with van der Waals surface area (Å²) < 4.78 is 116. The van der Waals surface area contributed by atoms with Crippen molar-refractivity contribution in [2.75, 3.05) is 31.6 Å². The Kier molecular flexibility index (Phi) is 11.9. The monoisotopic (exact) mass is 689 g/mol. The Hall–Kier alpha value is -4.35. The minimum absolute atomic E-state index is 0.0303. The number of amides is 2. The van der Waals surface area contributed by atoms with Crippen LogP contribution in [0.3, 0.4) is 0 Å². The van der Waals surface area contributed by atoms with E-state index in [1.807, 2.05) is 0 Å². The number of pyridine rings is 1. The van der Waals surface area contributed by atoms with Gasteiger partial charge in [0.2, 0.25) is 5.91 Å². The van der Waals surface area contributed by atoms with Crippen LogP contribution >= 0.6 is 0 Å². The lowest BCUT2D eigenvalue weighted by Gasteiger charge is -2.30. The van der Waals surface area contributed by atoms with Crippen molar-refractivity contribution in [3.05, 3.63) is 94.8 Å². The Labute approximate surface area is 269 Å². The molecule has 260 valence electrons. The molecule has 1 aromatic heterocycles. The second-order valence-electron chi connectivity index (χ2n) is 11.0. The predicted octanol–water partition coefficient (Wildman–Crippen LogP) is 5.05. The third-order valence-electron chi connectivity index (χ3n) is 7.46. The highest BCUT2D eigenvalue weighted by atomic mass is 19.4. The van der Waals surface area contributed by atoms with Crippen LogP contribution in [0.5, 0.6) is 0 Å². The average molecular weight is 690 g/mol. The molecule has 0 unspecified atom stereocenters. The maximum absolute atomic E-state index is 14.9. The molecule has 2 aromatic carbocycles. The summed E-state index contributed by atoms with van der Waals surface area (Å²) in [5, 5.41) is 7.14. The molecule has 9 nitrogen and oxygen atoms in total. The number of hydrogen-bond acceptors (Lipinski definition) is 7. The molecule has 2 amide bonds. The van der Waals surface area contributed by atoms with Crippen molar-refractivity contribution in [3.8, 4) is 0 Å². The number of anilines is 1. The molecule has 0 spiro atoms. The van der Waals surface area contributed by atoms with Crippen molar-refractivity contribution >= 4 is 17.7 Å². The fourth-order valence-corrected chi connectivity index (χ4v) is 5.04. The number of morpholine rings is 1. The van der Waals surface area contributed by atoms with E-state index in [1.54, 1.807) is 5.32 Å². The molecular formula is C31H31F8N5O4. The fourth-order valence-electron chi connectivity index (χ4n) is 5.04. The van der Waals surface area contributed by atoms with Gasteiger partial charge in [0.15, 0.2) is 0 Å². The summed E-state index contributed by atoms with van der Waals surface area (Å²) in [4.78, 5) is 28.7. The van der Waals surface area contributed by atoms with Gasteiger partial charge in [0.1, 0.15) is 24.8 Å². The van der Waals surface area contributed by atoms with Gasteiger partial charge < -0.3 is 31.2 Å². The van der Waals surface area contributed by atoms with E-state index in [0.717, 1.165) is 30.5 Å². The van der Waals surface area contributed by atoms with Crippen molar-refractivity contribution in [1.29, 1.82) is 0 Å². The normalized spacial score (nSPS) is 18.1. The van der Waals surface area contributed by atoms with Gasteiger partial charge in [0.05, 0.1) is 48.4 Å². The number of alkyl carbamates (subject to hydrolysis) is 1. The maximum atomic E-state index is 14.9. The summed E-state index contributed by atoms with van der Waals surface area (Å²) in [6.07, 6.45) is -8.55. The summed E-state index contributed by atoms with van der Waals surface area (Å²) in [5.74, 6) is -3.38. The number of ether oxygens (including phenoxy) is 2. The Morgan fingerprint density at radius 3 is 2.42 bits per heavy atom. The number of carbonyl (C=O) groups excluding carboxylic acids is 2. The fraction of sp³-hybridized carbons (Fsp3) is 0.387. The molecular weight excluding hydrogens is 658 g/mol. The molecule has 0 saturated carbocycles. The Balaban J connectivity index is 1.40. The highest BCUT2D eigenvalue weighted by molar-refractivity contribution is 5.96. The largest absolute Gasteiger partial charge is 0.448 e. The zero-order valence-corrected chi connectivity index (χ0v) is 25.0. The Bertz CT molecular complexity index is 1550. The third-order valence-corrected chi connectivity index (χ3v) is 7.46. The highest BCUT2D eigenvalue weighted by Gasteiger charge is 2.34. The minimum atomic E-state index is -4.68. The average Bonchev–Trinajstić information content (AvgIpc) is 3.03. The van der Waals surface area contributed by atoms with Gasteiger partial charge >= 0.3 is 18.4 Å². The molecule has 17 heteroatoms. The summed E-state index contributed by atoms with van der Waals surface area (Å²) in [5.41, 5.74) is 5.69. The first-order valence-corrected chi connectivity index (χ1v) is 14.5. The molecule has 1 fully saturated rings. The van der Waals surface area contributed by atoms with Crippen LogP contribution in [-0.2, 0) is 26.9 Å². The second-order valence-corrected chi connectivity index (χ2v) is 11.0. The summed E-state index contributed by atoms with van der Waals surface area (Å²) >= 11 is 0. The van der Waals surface area contributed by atoms with E-state index < -0.39 is 72.2 Å². The number of aromatic nitrogens is 1. The van der Waals surface area contributed by atoms with Crippen LogP contribution in [0.1, 0.15) is 34.6 Å². The Morgan fingerprint density at radius 2 is 1.77 bits per heavy atom. The maximum Gasteiger partial charge on any atom is 0.416 e. The van der Waals surface area contributed by atoms with E-state index in [4.69, 9.17) is 15.2 Å². The zero-order chi connectivity index (χ0) is 35.1. The number of halogens is 8. The number of hydrogen-bond donors (Lipinski definition) is 4. The number of alkyl halides is 6. The molecule has 3 aromatic rings. The number of nitrogens with one attached hydrogen (secondary N) is 3. The second kappa shape index (κ2) is 15.7. The van der Waals surface area contributed by atoms with Crippen LogP contribution in [0.2, 0.25) is 0 Å². The van der Waals surface area contributed by atoms with E-state index >= 15 is 0 Å². The van der Waals surface area contributed by atoms with Gasteiger partial charge in [-0.15, -0.1) is 0 Å². The molecule has 0 radical (unpaired) electrons. The molecule has 1 saturated heterocycles. The van der Waals surface area contributed by atoms with Gasteiger partial charge in [-0.3, -0.25) is 9.78 Å². The van der Waals surface area contributed by atoms with Crippen molar-refractivity contribution in [1.82, 2.24) is 15.6 Å². The number of nitrogens with zero attached hydrogens (tertiary/aromatic N) is 1. The summed E-state index contributed by atoms with van der Waals surface area (Å²) in [6.45, 7) is -1.53. The van der Waals surface area contributed by atoms with Crippen LogP contribution in [0.15, 0.2) is 60.9 Å². The topological polar surface area (TPSA) is 128 Å². The van der Waals surface area contributed by atoms with Crippen LogP contribution in [0.4, 0.5) is 45.6 Å². The van der Waals surface area contributed by atoms with Gasteiger partial charge in [-0.25, -0.2) is 13.6 Å². The number of nitrogens with two attached hydrogens (primary N) is 1. The number of carbonyl (C=O) groups is 2. The zero-order valence-electron chi connectivity index (χ0n) is 25.0. The van der Waals surface area contributed by atoms with Gasteiger partial charge in [-0.05, 0) is 42.2 Å². The van der Waals surface area contributed by atoms with E-state index in [-0.39, 0.29) is 55.0 Å². The van der Waals surface area contributed by atoms with E-state index in [1.165, 1.54) is 30.5 Å². The SMILES string of the molecule is N[C@H](C(=O)Nc1cncc(F)c1CC[C@@H]1CN[C@H](COC(=O)NCC(F)(F)F)CO1)[C@@H](c1ccc(F)cc1)c1cccc(C(F)(F)F)c1. The van der Waals surface area contributed by atoms with Gasteiger partial charge in [0.25, 0.3) is 0 Å². The van der Waals surface area contributed by atoms with E-state index in [9.17, 15) is 44.7 Å². The van der Waals surface area contributed by atoms with Gasteiger partial charge in [-0.2, -0.15) is 26.3 Å². The van der Waals surface area contributed by atoms with Gasteiger partial charge in [0, 0.05) is 18.0 Å². The molecule has 48 heavy (non-hydrogen) atoms. The lowest BCUT2D eigenvalue weighted by Crippen LogP contribution is -2.49. The standard InChI is InChI=1S/C31H31F8N5O4/c32-20-6-4-17(5-7-20)26(18-2-1-3-19(10-18)31(37,38)39)27(40)28(45)44-25-13-41-12-24(33)23(25)9-8-22-11-42-21(14-47-22)15-48-29(46)43-16-30(34,35)36/h1-7,10,12-13,21-22,26-27,42H,8-9,11,14-16,40H2,(H,43,46)(H,44,45)/t21-,22+,26-,27-/m0/s1. The molecule has 4 rings (SSSR count). The quantitative estimate of drug-likeness (QED) is 0.208. The smallest absolute Gasteiger partial charge is 0.416 e. The third kappa shape index (κ3) is 10.3.